The van der Waals surface area contributed by atoms with Gasteiger partial charge in [0.15, 0.2) is 18.1 Å². The number of amidine groups is 1. The number of ether oxygens (including phenoxy) is 1. The third kappa shape index (κ3) is 2.89. The SMILES string of the molecule is CC(=O)OC/C(=N/N)N(N)c1cc(Br)cn2ccnc12. The van der Waals surface area contributed by atoms with Crippen LogP contribution in [0.1, 0.15) is 6.92 Å². The van der Waals surface area contributed by atoms with Crippen molar-refractivity contribution in [2.24, 2.45) is 16.8 Å². The zero-order valence-electron chi connectivity index (χ0n) is 10.7. The molecule has 0 aromatic carbocycles. The lowest BCUT2D eigenvalue weighted by molar-refractivity contribution is -0.139. The molecule has 9 heteroatoms. The van der Waals surface area contributed by atoms with E-state index in [1.165, 1.54) is 11.9 Å². The molecule has 2 heterocycles. The first-order chi connectivity index (χ1) is 9.52. The highest BCUT2D eigenvalue weighted by atomic mass is 79.9. The highest BCUT2D eigenvalue weighted by Crippen LogP contribution is 2.23. The molecule has 2 rings (SSSR count). The number of hydrogen-bond acceptors (Lipinski definition) is 6. The molecular formula is C11H13BrN6O2. The average Bonchev–Trinajstić information content (AvgIpc) is 2.85. The van der Waals surface area contributed by atoms with E-state index in [2.05, 4.69) is 26.0 Å². The summed E-state index contributed by atoms with van der Waals surface area (Å²) in [6.45, 7) is 1.17. The number of hydrazone groups is 1. The van der Waals surface area contributed by atoms with Crippen molar-refractivity contribution in [3.8, 4) is 0 Å². The third-order valence-electron chi connectivity index (χ3n) is 2.53. The van der Waals surface area contributed by atoms with Crippen LogP contribution < -0.4 is 16.7 Å². The molecule has 0 aliphatic heterocycles. The number of rotatable bonds is 3. The van der Waals surface area contributed by atoms with E-state index in [0.717, 1.165) is 4.47 Å². The largest absolute Gasteiger partial charge is 0.458 e. The molecule has 106 valence electrons. The Morgan fingerprint density at radius 1 is 1.65 bits per heavy atom. The first-order valence-corrected chi connectivity index (χ1v) is 6.39. The molecule has 0 saturated carbocycles. The van der Waals surface area contributed by atoms with Gasteiger partial charge in [0.1, 0.15) is 5.69 Å². The Balaban J connectivity index is 2.36. The van der Waals surface area contributed by atoms with E-state index in [1.54, 1.807) is 22.9 Å². The zero-order valence-corrected chi connectivity index (χ0v) is 12.2. The normalized spacial score (nSPS) is 11.7. The van der Waals surface area contributed by atoms with Crippen molar-refractivity contribution in [1.29, 1.82) is 0 Å². The summed E-state index contributed by atoms with van der Waals surface area (Å²) in [6.07, 6.45) is 5.26. The standard InChI is InChI=1S/C11H13BrN6O2/c1-7(19)20-6-10(16-13)18(14)9-4-8(12)5-17-3-2-15-11(9)17/h2-5H,6,13-14H2,1H3/b16-10-. The number of esters is 1. The van der Waals surface area contributed by atoms with Crippen LogP contribution in [0.5, 0.6) is 0 Å². The van der Waals surface area contributed by atoms with Crippen LogP contribution in [0.25, 0.3) is 5.65 Å². The molecule has 0 atom stereocenters. The van der Waals surface area contributed by atoms with Crippen LogP contribution in [0, 0.1) is 0 Å². The van der Waals surface area contributed by atoms with Gasteiger partial charge >= 0.3 is 5.97 Å². The lowest BCUT2D eigenvalue weighted by atomic mass is 10.3. The molecule has 20 heavy (non-hydrogen) atoms. The predicted octanol–water partition coefficient (Wildman–Crippen LogP) is 0.612. The van der Waals surface area contributed by atoms with Crippen LogP contribution in [-0.4, -0.2) is 27.8 Å². The van der Waals surface area contributed by atoms with Gasteiger partial charge in [0.2, 0.25) is 0 Å². The van der Waals surface area contributed by atoms with Crippen molar-refractivity contribution in [3.63, 3.8) is 0 Å². The van der Waals surface area contributed by atoms with Crippen molar-refractivity contribution in [1.82, 2.24) is 9.38 Å². The fourth-order valence-electron chi connectivity index (χ4n) is 1.63. The van der Waals surface area contributed by atoms with Gasteiger partial charge < -0.3 is 15.0 Å². The number of carbonyl (C=O) groups excluding carboxylic acids is 1. The predicted molar refractivity (Wildman–Crippen MR) is 77.8 cm³/mol. The number of imidazole rings is 1. The third-order valence-corrected chi connectivity index (χ3v) is 2.96. The van der Waals surface area contributed by atoms with Gasteiger partial charge in [-0.2, -0.15) is 5.10 Å². The summed E-state index contributed by atoms with van der Waals surface area (Å²) in [7, 11) is 0. The molecule has 0 fully saturated rings. The van der Waals surface area contributed by atoms with Gasteiger partial charge in [-0.25, -0.2) is 10.8 Å². The monoisotopic (exact) mass is 340 g/mol. The zero-order chi connectivity index (χ0) is 14.7. The van der Waals surface area contributed by atoms with Crippen molar-refractivity contribution in [3.05, 3.63) is 29.1 Å². The van der Waals surface area contributed by atoms with Crippen molar-refractivity contribution in [2.75, 3.05) is 11.6 Å². The topological polar surface area (TPSA) is 111 Å². The molecule has 0 radical (unpaired) electrons. The molecule has 0 unspecified atom stereocenters. The Kier molecular flexibility index (Phi) is 4.20. The number of aromatic nitrogens is 2. The molecule has 0 spiro atoms. The number of nitrogens with two attached hydrogens (primary N) is 2. The van der Waals surface area contributed by atoms with Crippen LogP contribution in [0.4, 0.5) is 5.69 Å². The van der Waals surface area contributed by atoms with Crippen molar-refractivity contribution >= 4 is 39.1 Å². The fourth-order valence-corrected chi connectivity index (χ4v) is 2.07. The maximum atomic E-state index is 10.8. The van der Waals surface area contributed by atoms with E-state index in [0.29, 0.717) is 11.3 Å². The number of carbonyl (C=O) groups is 1. The van der Waals surface area contributed by atoms with E-state index in [-0.39, 0.29) is 12.4 Å². The second-order valence-electron chi connectivity index (χ2n) is 3.90. The summed E-state index contributed by atoms with van der Waals surface area (Å²) in [6, 6.07) is 1.77. The van der Waals surface area contributed by atoms with Crippen LogP contribution in [0.3, 0.4) is 0 Å². The number of anilines is 1. The minimum absolute atomic E-state index is 0.123. The molecule has 8 nitrogen and oxygen atoms in total. The average molecular weight is 341 g/mol. The second-order valence-corrected chi connectivity index (χ2v) is 4.81. The highest BCUT2D eigenvalue weighted by molar-refractivity contribution is 9.10. The van der Waals surface area contributed by atoms with E-state index in [1.807, 2.05) is 6.20 Å². The first kappa shape index (κ1) is 14.3. The Hall–Kier alpha value is -2.13. The molecule has 0 bridgehead atoms. The fraction of sp³-hybridized carbons (Fsp3) is 0.182. The van der Waals surface area contributed by atoms with Crippen LogP contribution in [0.2, 0.25) is 0 Å². The molecule has 0 saturated heterocycles. The van der Waals surface area contributed by atoms with Crippen LogP contribution >= 0.6 is 15.9 Å². The van der Waals surface area contributed by atoms with E-state index in [9.17, 15) is 4.79 Å². The summed E-state index contributed by atoms with van der Waals surface area (Å²) in [5, 5.41) is 4.78. The first-order valence-electron chi connectivity index (χ1n) is 5.60. The summed E-state index contributed by atoms with van der Waals surface area (Å²) < 4.78 is 7.44. The lowest BCUT2D eigenvalue weighted by Crippen LogP contribution is -2.41. The Labute approximate surface area is 123 Å². The van der Waals surface area contributed by atoms with Gasteiger partial charge in [-0.05, 0) is 22.0 Å². The highest BCUT2D eigenvalue weighted by Gasteiger charge is 2.16. The molecule has 0 aliphatic carbocycles. The van der Waals surface area contributed by atoms with Gasteiger partial charge in [-0.1, -0.05) is 0 Å². The number of hydrogen-bond donors (Lipinski definition) is 2. The smallest absolute Gasteiger partial charge is 0.303 e. The molecule has 0 aliphatic rings. The molecule has 4 N–H and O–H groups in total. The number of halogens is 1. The Bertz CT molecular complexity index is 668. The van der Waals surface area contributed by atoms with Crippen LogP contribution in [-0.2, 0) is 9.53 Å². The molecular weight excluding hydrogens is 328 g/mol. The van der Waals surface area contributed by atoms with Gasteiger partial charge in [-0.15, -0.1) is 0 Å². The van der Waals surface area contributed by atoms with E-state index in [4.69, 9.17) is 16.4 Å². The second kappa shape index (κ2) is 5.88. The quantitative estimate of drug-likeness (QED) is 0.278. The molecule has 0 amide bonds. The summed E-state index contributed by atoms with van der Waals surface area (Å²) in [5.41, 5.74) is 1.19. The molecule has 2 aromatic heterocycles. The molecule has 2 aromatic rings. The van der Waals surface area contributed by atoms with E-state index < -0.39 is 5.97 Å². The number of nitrogens with zero attached hydrogens (tertiary/aromatic N) is 4. The number of pyridine rings is 1. The number of hydrazine groups is 1. The van der Waals surface area contributed by atoms with Crippen molar-refractivity contribution in [2.45, 2.75) is 6.92 Å². The summed E-state index contributed by atoms with van der Waals surface area (Å²) >= 11 is 3.38. The van der Waals surface area contributed by atoms with Gasteiger partial charge in [0.05, 0.1) is 0 Å². The van der Waals surface area contributed by atoms with Crippen LogP contribution in [0.15, 0.2) is 34.2 Å². The van der Waals surface area contributed by atoms with Gasteiger partial charge in [0.25, 0.3) is 0 Å². The maximum Gasteiger partial charge on any atom is 0.303 e. The van der Waals surface area contributed by atoms with E-state index >= 15 is 0 Å². The Morgan fingerprint density at radius 3 is 3.05 bits per heavy atom. The van der Waals surface area contributed by atoms with Gasteiger partial charge in [-0.3, -0.25) is 9.80 Å². The number of fused-ring (bicyclic) bond motifs is 1. The minimum atomic E-state index is -0.445. The Morgan fingerprint density at radius 2 is 2.40 bits per heavy atom. The lowest BCUT2D eigenvalue weighted by Gasteiger charge is -2.20. The van der Waals surface area contributed by atoms with Gasteiger partial charge in [0, 0.05) is 30.0 Å². The summed E-state index contributed by atoms with van der Waals surface area (Å²) in [4.78, 5) is 15.1. The minimum Gasteiger partial charge on any atom is -0.458 e. The van der Waals surface area contributed by atoms with Crippen molar-refractivity contribution < 1.29 is 9.53 Å². The maximum absolute atomic E-state index is 10.8. The summed E-state index contributed by atoms with van der Waals surface area (Å²) in [5.74, 6) is 11.0.